The standard InChI is InChI=1S/C14H20N2O3/c1-10(14(18)19-3)9-16(2)13(17)8-11-6-4-5-7-12(11)15/h4-7,10H,8-9,15H2,1-3H3. The molecule has 1 aromatic carbocycles. The van der Waals surface area contributed by atoms with Crippen LogP contribution in [0, 0.1) is 5.92 Å². The van der Waals surface area contributed by atoms with Gasteiger partial charge in [0.1, 0.15) is 0 Å². The number of methoxy groups -OCH3 is 1. The summed E-state index contributed by atoms with van der Waals surface area (Å²) < 4.78 is 4.63. The van der Waals surface area contributed by atoms with E-state index in [-0.39, 0.29) is 24.2 Å². The van der Waals surface area contributed by atoms with Crippen molar-refractivity contribution in [1.82, 2.24) is 4.90 Å². The van der Waals surface area contributed by atoms with Crippen molar-refractivity contribution >= 4 is 17.6 Å². The molecule has 0 saturated carbocycles. The van der Waals surface area contributed by atoms with Crippen LogP contribution in [0.5, 0.6) is 0 Å². The maximum Gasteiger partial charge on any atom is 0.310 e. The van der Waals surface area contributed by atoms with Gasteiger partial charge in [-0.2, -0.15) is 0 Å². The fraction of sp³-hybridized carbons (Fsp3) is 0.429. The number of hydrogen-bond donors (Lipinski definition) is 1. The molecule has 0 radical (unpaired) electrons. The number of likely N-dealkylation sites (N-methyl/N-ethyl adjacent to an activating group) is 1. The van der Waals surface area contributed by atoms with Gasteiger partial charge in [-0.3, -0.25) is 9.59 Å². The molecule has 1 rings (SSSR count). The molecule has 0 aliphatic carbocycles. The average molecular weight is 264 g/mol. The number of nitrogens with zero attached hydrogens (tertiary/aromatic N) is 1. The first kappa shape index (κ1) is 15.0. The van der Waals surface area contributed by atoms with Gasteiger partial charge in [-0.15, -0.1) is 0 Å². The zero-order valence-electron chi connectivity index (χ0n) is 11.6. The Balaban J connectivity index is 2.59. The quantitative estimate of drug-likeness (QED) is 0.638. The number of carbonyl (C=O) groups is 2. The summed E-state index contributed by atoms with van der Waals surface area (Å²) in [6.45, 7) is 2.06. The molecule has 0 heterocycles. The van der Waals surface area contributed by atoms with E-state index < -0.39 is 0 Å². The normalized spacial score (nSPS) is 11.7. The summed E-state index contributed by atoms with van der Waals surface area (Å²) in [7, 11) is 3.01. The number of nitrogen functional groups attached to an aromatic ring is 1. The first-order chi connectivity index (χ1) is 8.95. The van der Waals surface area contributed by atoms with Crippen molar-refractivity contribution < 1.29 is 14.3 Å². The Kier molecular flexibility index (Phi) is 5.36. The van der Waals surface area contributed by atoms with Crippen LogP contribution in [0.3, 0.4) is 0 Å². The third-order valence-corrected chi connectivity index (χ3v) is 2.97. The molecule has 104 valence electrons. The highest BCUT2D eigenvalue weighted by Gasteiger charge is 2.19. The zero-order valence-corrected chi connectivity index (χ0v) is 11.6. The van der Waals surface area contributed by atoms with Gasteiger partial charge in [0.15, 0.2) is 0 Å². The van der Waals surface area contributed by atoms with Crippen molar-refractivity contribution in [2.75, 3.05) is 26.4 Å². The highest BCUT2D eigenvalue weighted by molar-refractivity contribution is 5.81. The molecular formula is C14H20N2O3. The maximum atomic E-state index is 12.0. The van der Waals surface area contributed by atoms with Gasteiger partial charge in [0.25, 0.3) is 0 Å². The van der Waals surface area contributed by atoms with E-state index in [2.05, 4.69) is 4.74 Å². The average Bonchev–Trinajstić information content (AvgIpc) is 2.40. The summed E-state index contributed by atoms with van der Waals surface area (Å²) in [4.78, 5) is 24.9. The fourth-order valence-corrected chi connectivity index (χ4v) is 1.78. The Labute approximate surface area is 113 Å². The summed E-state index contributed by atoms with van der Waals surface area (Å²) >= 11 is 0. The minimum atomic E-state index is -0.341. The van der Waals surface area contributed by atoms with Crippen molar-refractivity contribution in [2.45, 2.75) is 13.3 Å². The number of benzene rings is 1. The van der Waals surface area contributed by atoms with E-state index in [1.807, 2.05) is 18.2 Å². The highest BCUT2D eigenvalue weighted by atomic mass is 16.5. The van der Waals surface area contributed by atoms with Crippen LogP contribution in [-0.2, 0) is 20.7 Å². The van der Waals surface area contributed by atoms with E-state index in [1.165, 1.54) is 12.0 Å². The number of hydrogen-bond acceptors (Lipinski definition) is 4. The van der Waals surface area contributed by atoms with Gasteiger partial charge in [-0.05, 0) is 11.6 Å². The molecule has 1 amide bonds. The number of amides is 1. The van der Waals surface area contributed by atoms with E-state index in [4.69, 9.17) is 5.73 Å². The van der Waals surface area contributed by atoms with Gasteiger partial charge in [-0.25, -0.2) is 0 Å². The Morgan fingerprint density at radius 2 is 2.00 bits per heavy atom. The molecule has 1 unspecified atom stereocenters. The predicted molar refractivity (Wildman–Crippen MR) is 73.4 cm³/mol. The van der Waals surface area contributed by atoms with Gasteiger partial charge in [0.05, 0.1) is 19.4 Å². The van der Waals surface area contributed by atoms with E-state index >= 15 is 0 Å². The molecular weight excluding hydrogens is 244 g/mol. The third-order valence-electron chi connectivity index (χ3n) is 2.97. The second-order valence-corrected chi connectivity index (χ2v) is 4.57. The molecule has 0 aromatic heterocycles. The lowest BCUT2D eigenvalue weighted by atomic mass is 10.1. The van der Waals surface area contributed by atoms with Crippen LogP contribution in [0.4, 0.5) is 5.69 Å². The van der Waals surface area contributed by atoms with Crippen molar-refractivity contribution in [1.29, 1.82) is 0 Å². The molecule has 5 heteroatoms. The van der Waals surface area contributed by atoms with Crippen molar-refractivity contribution in [2.24, 2.45) is 5.92 Å². The summed E-state index contributed by atoms with van der Waals surface area (Å²) in [5, 5.41) is 0. The Bertz CT molecular complexity index is 460. The Morgan fingerprint density at radius 3 is 2.58 bits per heavy atom. The van der Waals surface area contributed by atoms with E-state index in [0.29, 0.717) is 12.2 Å². The van der Waals surface area contributed by atoms with Crippen LogP contribution in [0.1, 0.15) is 12.5 Å². The first-order valence-corrected chi connectivity index (χ1v) is 6.11. The molecule has 0 saturated heterocycles. The van der Waals surface area contributed by atoms with Gasteiger partial charge in [-0.1, -0.05) is 25.1 Å². The van der Waals surface area contributed by atoms with Crippen LogP contribution in [0.2, 0.25) is 0 Å². The fourth-order valence-electron chi connectivity index (χ4n) is 1.78. The molecule has 1 aromatic rings. The van der Waals surface area contributed by atoms with Crippen molar-refractivity contribution in [3.63, 3.8) is 0 Å². The molecule has 0 spiro atoms. The summed E-state index contributed by atoms with van der Waals surface area (Å²) in [6, 6.07) is 7.26. The largest absolute Gasteiger partial charge is 0.469 e. The first-order valence-electron chi connectivity index (χ1n) is 6.11. The molecule has 1 atom stereocenters. The number of anilines is 1. The van der Waals surface area contributed by atoms with Crippen LogP contribution < -0.4 is 5.73 Å². The number of nitrogens with two attached hydrogens (primary N) is 1. The van der Waals surface area contributed by atoms with E-state index in [9.17, 15) is 9.59 Å². The van der Waals surface area contributed by atoms with Crippen LogP contribution in [0.25, 0.3) is 0 Å². The zero-order chi connectivity index (χ0) is 14.4. The highest BCUT2D eigenvalue weighted by Crippen LogP contribution is 2.12. The van der Waals surface area contributed by atoms with Gasteiger partial charge >= 0.3 is 5.97 Å². The lowest BCUT2D eigenvalue weighted by molar-refractivity contribution is -0.146. The smallest absolute Gasteiger partial charge is 0.310 e. The molecule has 0 fully saturated rings. The Morgan fingerprint density at radius 1 is 1.37 bits per heavy atom. The van der Waals surface area contributed by atoms with Crippen LogP contribution >= 0.6 is 0 Å². The minimum Gasteiger partial charge on any atom is -0.469 e. The SMILES string of the molecule is COC(=O)C(C)CN(C)C(=O)Cc1ccccc1N. The number of carbonyl (C=O) groups excluding carboxylic acids is 2. The van der Waals surface area contributed by atoms with Gasteiger partial charge in [0.2, 0.25) is 5.91 Å². The molecule has 2 N–H and O–H groups in total. The van der Waals surface area contributed by atoms with E-state index in [1.54, 1.807) is 20.0 Å². The Hall–Kier alpha value is -2.04. The van der Waals surface area contributed by atoms with Crippen molar-refractivity contribution in [3.05, 3.63) is 29.8 Å². The summed E-state index contributed by atoms with van der Waals surface area (Å²) in [5.74, 6) is -0.736. The third kappa shape index (κ3) is 4.28. The van der Waals surface area contributed by atoms with Gasteiger partial charge in [0, 0.05) is 19.3 Å². The molecule has 0 aliphatic rings. The summed E-state index contributed by atoms with van der Waals surface area (Å²) in [5.41, 5.74) is 7.19. The molecule has 19 heavy (non-hydrogen) atoms. The maximum absolute atomic E-state index is 12.0. The van der Waals surface area contributed by atoms with Gasteiger partial charge < -0.3 is 15.4 Å². The van der Waals surface area contributed by atoms with Crippen molar-refractivity contribution in [3.8, 4) is 0 Å². The second-order valence-electron chi connectivity index (χ2n) is 4.57. The van der Waals surface area contributed by atoms with Crippen LogP contribution in [0.15, 0.2) is 24.3 Å². The monoisotopic (exact) mass is 264 g/mol. The number of ether oxygens (including phenoxy) is 1. The number of rotatable bonds is 5. The molecule has 0 aliphatic heterocycles. The number of esters is 1. The molecule has 0 bridgehead atoms. The summed E-state index contributed by atoms with van der Waals surface area (Å²) in [6.07, 6.45) is 0.233. The van der Waals surface area contributed by atoms with E-state index in [0.717, 1.165) is 5.56 Å². The molecule has 5 nitrogen and oxygen atoms in total. The minimum absolute atomic E-state index is 0.0753. The predicted octanol–water partition coefficient (Wildman–Crippen LogP) is 1.08. The number of para-hydroxylation sites is 1. The van der Waals surface area contributed by atoms with Crippen LogP contribution in [-0.4, -0.2) is 37.5 Å². The lowest BCUT2D eigenvalue weighted by Gasteiger charge is -2.20. The topological polar surface area (TPSA) is 72.6 Å². The second kappa shape index (κ2) is 6.78. The lowest BCUT2D eigenvalue weighted by Crippen LogP contribution is -2.35.